The van der Waals surface area contributed by atoms with Gasteiger partial charge < -0.3 is 10.2 Å². The van der Waals surface area contributed by atoms with E-state index in [1.807, 2.05) is 6.20 Å². The Bertz CT molecular complexity index is 636. The maximum atomic E-state index is 4.64. The number of hydrogen-bond acceptors (Lipinski definition) is 3. The van der Waals surface area contributed by atoms with Gasteiger partial charge in [0.1, 0.15) is 0 Å². The number of anilines is 2. The van der Waals surface area contributed by atoms with Crippen LogP contribution in [0.1, 0.15) is 22.7 Å². The monoisotopic (exact) mass is 251 g/mol. The van der Waals surface area contributed by atoms with Gasteiger partial charge in [-0.1, -0.05) is 24.3 Å². The van der Waals surface area contributed by atoms with Crippen LogP contribution in [-0.2, 0) is 6.42 Å². The first-order chi connectivity index (χ1) is 9.33. The van der Waals surface area contributed by atoms with Crippen LogP contribution in [0.5, 0.6) is 0 Å². The lowest BCUT2D eigenvalue weighted by Crippen LogP contribution is -2.42. The lowest BCUT2D eigenvalue weighted by molar-refractivity contribution is 0.583. The van der Waals surface area contributed by atoms with Crippen molar-refractivity contribution in [3.05, 3.63) is 53.2 Å². The number of nitrogens with one attached hydrogen (secondary N) is 1. The average Bonchev–Trinajstić information content (AvgIpc) is 2.46. The number of nitrogens with zero attached hydrogens (tertiary/aromatic N) is 2. The van der Waals surface area contributed by atoms with Crippen molar-refractivity contribution in [3.8, 4) is 0 Å². The second-order valence-corrected chi connectivity index (χ2v) is 5.42. The Kier molecular flexibility index (Phi) is 2.28. The maximum Gasteiger partial charge on any atom is 0.152 e. The van der Waals surface area contributed by atoms with Gasteiger partial charge in [-0.3, -0.25) is 0 Å². The summed E-state index contributed by atoms with van der Waals surface area (Å²) in [5.41, 5.74) is 5.33. The highest BCUT2D eigenvalue weighted by Gasteiger charge is 2.32. The Labute approximate surface area is 113 Å². The van der Waals surface area contributed by atoms with E-state index in [-0.39, 0.29) is 0 Å². The molecule has 0 radical (unpaired) electrons. The molecule has 2 aliphatic heterocycles. The molecule has 4 rings (SSSR count). The van der Waals surface area contributed by atoms with Crippen LogP contribution in [0.4, 0.5) is 11.5 Å². The quantitative estimate of drug-likeness (QED) is 0.780. The molecular formula is C16H17N3. The fourth-order valence-corrected chi connectivity index (χ4v) is 3.25. The van der Waals surface area contributed by atoms with Crippen molar-refractivity contribution in [2.75, 3.05) is 23.3 Å². The summed E-state index contributed by atoms with van der Waals surface area (Å²) in [5, 5.41) is 3.54. The molecule has 3 heteroatoms. The molecule has 1 N–H and O–H groups in total. The number of pyridine rings is 1. The van der Waals surface area contributed by atoms with E-state index in [2.05, 4.69) is 52.5 Å². The Morgan fingerprint density at radius 1 is 1.32 bits per heavy atom. The van der Waals surface area contributed by atoms with Gasteiger partial charge in [0.05, 0.1) is 11.7 Å². The zero-order valence-corrected chi connectivity index (χ0v) is 11.1. The average molecular weight is 251 g/mol. The first-order valence-electron chi connectivity index (χ1n) is 6.88. The predicted octanol–water partition coefficient (Wildman–Crippen LogP) is 2.92. The van der Waals surface area contributed by atoms with Crippen molar-refractivity contribution in [2.45, 2.75) is 19.4 Å². The number of rotatable bonds is 0. The minimum Gasteiger partial charge on any atom is -0.380 e. The smallest absolute Gasteiger partial charge is 0.152 e. The number of aryl methyl sites for hydroxylation is 1. The van der Waals surface area contributed by atoms with Gasteiger partial charge in [0, 0.05) is 19.3 Å². The Hall–Kier alpha value is -2.03. The van der Waals surface area contributed by atoms with Crippen LogP contribution in [0.3, 0.4) is 0 Å². The topological polar surface area (TPSA) is 28.2 Å². The zero-order chi connectivity index (χ0) is 12.8. The van der Waals surface area contributed by atoms with Gasteiger partial charge in [-0.15, -0.1) is 0 Å². The third-order valence-electron chi connectivity index (χ3n) is 4.17. The molecule has 3 nitrogen and oxygen atoms in total. The molecule has 2 aliphatic rings. The van der Waals surface area contributed by atoms with Crippen LogP contribution in [0.15, 0.2) is 36.5 Å². The summed E-state index contributed by atoms with van der Waals surface area (Å²) in [6, 6.07) is 11.4. The summed E-state index contributed by atoms with van der Waals surface area (Å²) < 4.78 is 0. The van der Waals surface area contributed by atoms with E-state index in [0.717, 1.165) is 25.3 Å². The highest BCUT2D eigenvalue weighted by atomic mass is 15.3. The van der Waals surface area contributed by atoms with Crippen LogP contribution >= 0.6 is 0 Å². The molecule has 0 aliphatic carbocycles. The third kappa shape index (κ3) is 1.61. The van der Waals surface area contributed by atoms with Crippen LogP contribution in [0, 0.1) is 6.92 Å². The fraction of sp³-hybridized carbons (Fsp3) is 0.312. The van der Waals surface area contributed by atoms with Crippen molar-refractivity contribution in [1.29, 1.82) is 0 Å². The number of benzene rings is 1. The van der Waals surface area contributed by atoms with Crippen molar-refractivity contribution in [3.63, 3.8) is 0 Å². The SMILES string of the molecule is Cc1cnc2c(c1)NCC1c3ccccc3CCN21. The number of aromatic nitrogens is 1. The maximum absolute atomic E-state index is 4.64. The first-order valence-corrected chi connectivity index (χ1v) is 6.88. The summed E-state index contributed by atoms with van der Waals surface area (Å²) in [5.74, 6) is 1.11. The molecule has 19 heavy (non-hydrogen) atoms. The van der Waals surface area contributed by atoms with Crippen molar-refractivity contribution in [2.24, 2.45) is 0 Å². The van der Waals surface area contributed by atoms with Crippen molar-refractivity contribution < 1.29 is 0 Å². The second-order valence-electron chi connectivity index (χ2n) is 5.42. The number of hydrogen-bond donors (Lipinski definition) is 1. The summed E-state index contributed by atoms with van der Waals surface area (Å²) in [6.45, 7) is 4.12. The molecule has 0 saturated heterocycles. The van der Waals surface area contributed by atoms with Crippen molar-refractivity contribution >= 4 is 11.5 Å². The van der Waals surface area contributed by atoms with Crippen LogP contribution in [0.2, 0.25) is 0 Å². The van der Waals surface area contributed by atoms with E-state index in [0.29, 0.717) is 6.04 Å². The summed E-state index contributed by atoms with van der Waals surface area (Å²) >= 11 is 0. The molecule has 0 saturated carbocycles. The van der Waals surface area contributed by atoms with Crippen LogP contribution < -0.4 is 10.2 Å². The molecule has 0 bridgehead atoms. The summed E-state index contributed by atoms with van der Waals surface area (Å²) in [6.07, 6.45) is 3.07. The van der Waals surface area contributed by atoms with E-state index in [4.69, 9.17) is 0 Å². The van der Waals surface area contributed by atoms with Gasteiger partial charge >= 0.3 is 0 Å². The lowest BCUT2D eigenvalue weighted by Gasteiger charge is -2.42. The molecule has 0 fully saturated rings. The molecule has 2 aromatic rings. The number of fused-ring (bicyclic) bond motifs is 5. The Morgan fingerprint density at radius 2 is 2.21 bits per heavy atom. The van der Waals surface area contributed by atoms with E-state index in [9.17, 15) is 0 Å². The van der Waals surface area contributed by atoms with Gasteiger partial charge in [-0.25, -0.2) is 4.98 Å². The van der Waals surface area contributed by atoms with E-state index in [1.54, 1.807) is 0 Å². The predicted molar refractivity (Wildman–Crippen MR) is 77.7 cm³/mol. The molecule has 1 atom stereocenters. The third-order valence-corrected chi connectivity index (χ3v) is 4.17. The Balaban J connectivity index is 1.81. The Morgan fingerprint density at radius 3 is 3.16 bits per heavy atom. The van der Waals surface area contributed by atoms with Gasteiger partial charge in [0.2, 0.25) is 0 Å². The molecule has 1 unspecified atom stereocenters. The highest BCUT2D eigenvalue weighted by molar-refractivity contribution is 5.70. The van der Waals surface area contributed by atoms with Gasteiger partial charge in [0.15, 0.2) is 5.82 Å². The highest BCUT2D eigenvalue weighted by Crippen LogP contribution is 2.39. The fourth-order valence-electron chi connectivity index (χ4n) is 3.25. The van der Waals surface area contributed by atoms with Crippen LogP contribution in [0.25, 0.3) is 0 Å². The largest absolute Gasteiger partial charge is 0.380 e. The second kappa shape index (κ2) is 3.98. The van der Waals surface area contributed by atoms with E-state index < -0.39 is 0 Å². The molecule has 1 aromatic carbocycles. The van der Waals surface area contributed by atoms with Gasteiger partial charge in [-0.05, 0) is 36.1 Å². The standard InChI is InChI=1S/C16H17N3/c1-11-8-14-16(18-9-11)19-7-6-12-4-2-3-5-13(12)15(19)10-17-14/h2-5,8-9,15,17H,6-7,10H2,1H3. The summed E-state index contributed by atoms with van der Waals surface area (Å²) in [7, 11) is 0. The molecule has 96 valence electrons. The molecule has 0 amide bonds. The zero-order valence-electron chi connectivity index (χ0n) is 11.1. The van der Waals surface area contributed by atoms with Crippen molar-refractivity contribution in [1.82, 2.24) is 4.98 Å². The molecule has 1 aromatic heterocycles. The van der Waals surface area contributed by atoms with E-state index >= 15 is 0 Å². The van der Waals surface area contributed by atoms with Gasteiger partial charge in [0.25, 0.3) is 0 Å². The molecule has 0 spiro atoms. The lowest BCUT2D eigenvalue weighted by atomic mass is 9.91. The molecular weight excluding hydrogens is 234 g/mol. The molecule has 3 heterocycles. The summed E-state index contributed by atoms with van der Waals surface area (Å²) in [4.78, 5) is 7.09. The first kappa shape index (κ1) is 10.9. The minimum atomic E-state index is 0.424. The minimum absolute atomic E-state index is 0.424. The van der Waals surface area contributed by atoms with Gasteiger partial charge in [-0.2, -0.15) is 0 Å². The normalized spacial score (nSPS) is 20.1. The van der Waals surface area contributed by atoms with E-state index in [1.165, 1.54) is 22.4 Å². The van der Waals surface area contributed by atoms with Crippen LogP contribution in [-0.4, -0.2) is 18.1 Å².